The summed E-state index contributed by atoms with van der Waals surface area (Å²) in [5.74, 6) is 0.392. The van der Waals surface area contributed by atoms with Crippen LogP contribution in [0.3, 0.4) is 0 Å². The fourth-order valence-electron chi connectivity index (χ4n) is 2.87. The monoisotopic (exact) mass is 242 g/mol. The van der Waals surface area contributed by atoms with Crippen LogP contribution in [0, 0.1) is 11.8 Å². The molecule has 1 aliphatic rings. The third-order valence-electron chi connectivity index (χ3n) is 4.03. The second-order valence-corrected chi connectivity index (χ2v) is 5.37. The van der Waals surface area contributed by atoms with Gasteiger partial charge in [0.25, 0.3) is 0 Å². The summed E-state index contributed by atoms with van der Waals surface area (Å²) in [5, 5.41) is 10.3. The van der Waals surface area contributed by atoms with Crippen LogP contribution in [0.25, 0.3) is 0 Å². The molecule has 0 bridgehead atoms. The average Bonchev–Trinajstić information content (AvgIpc) is 2.30. The molecule has 100 valence electrons. The van der Waals surface area contributed by atoms with Crippen LogP contribution in [0.1, 0.15) is 59.3 Å². The zero-order valence-electron chi connectivity index (χ0n) is 11.4. The third kappa shape index (κ3) is 3.70. The molecule has 3 nitrogen and oxygen atoms in total. The minimum absolute atomic E-state index is 0.0645. The van der Waals surface area contributed by atoms with Crippen LogP contribution in [-0.4, -0.2) is 23.3 Å². The molecular weight excluding hydrogens is 216 g/mol. The Kier molecular flexibility index (Phi) is 5.44. The Balaban J connectivity index is 2.49. The first-order valence-corrected chi connectivity index (χ1v) is 6.91. The molecule has 0 radical (unpaired) electrons. The lowest BCUT2D eigenvalue weighted by Gasteiger charge is -2.36. The van der Waals surface area contributed by atoms with E-state index in [1.807, 2.05) is 0 Å². The van der Waals surface area contributed by atoms with E-state index in [0.29, 0.717) is 6.61 Å². The van der Waals surface area contributed by atoms with Crippen LogP contribution >= 0.6 is 0 Å². The number of hydrogen-bond donors (Lipinski definition) is 1. The van der Waals surface area contributed by atoms with Gasteiger partial charge in [0.15, 0.2) is 5.60 Å². The van der Waals surface area contributed by atoms with Gasteiger partial charge in [-0.05, 0) is 38.5 Å². The van der Waals surface area contributed by atoms with E-state index < -0.39 is 11.6 Å². The molecule has 0 aliphatic heterocycles. The van der Waals surface area contributed by atoms with Crippen LogP contribution in [0.4, 0.5) is 0 Å². The Bertz CT molecular complexity index is 240. The van der Waals surface area contributed by atoms with Gasteiger partial charge in [0.1, 0.15) is 0 Å². The van der Waals surface area contributed by atoms with Crippen LogP contribution in [-0.2, 0) is 9.53 Å². The van der Waals surface area contributed by atoms with Crippen molar-refractivity contribution in [2.45, 2.75) is 64.9 Å². The minimum Gasteiger partial charge on any atom is -0.464 e. The highest BCUT2D eigenvalue weighted by molar-refractivity contribution is 5.79. The number of aliphatic hydroxyl groups is 1. The normalized spacial score (nSPS) is 28.5. The van der Waals surface area contributed by atoms with Gasteiger partial charge in [0.2, 0.25) is 0 Å². The molecule has 0 aromatic carbocycles. The molecular formula is C14H26O3. The minimum atomic E-state index is -1.30. The van der Waals surface area contributed by atoms with Gasteiger partial charge in [-0.25, -0.2) is 4.79 Å². The molecule has 1 unspecified atom stereocenters. The second kappa shape index (κ2) is 6.39. The molecule has 1 rings (SSSR count). The molecule has 1 fully saturated rings. The van der Waals surface area contributed by atoms with Gasteiger partial charge in [0.05, 0.1) is 6.61 Å². The lowest BCUT2D eigenvalue weighted by Crippen LogP contribution is -2.45. The summed E-state index contributed by atoms with van der Waals surface area (Å²) >= 11 is 0. The Morgan fingerprint density at radius 3 is 2.35 bits per heavy atom. The zero-order valence-corrected chi connectivity index (χ0v) is 11.4. The van der Waals surface area contributed by atoms with E-state index in [9.17, 15) is 9.90 Å². The Morgan fingerprint density at radius 2 is 1.88 bits per heavy atom. The molecule has 0 heterocycles. The van der Waals surface area contributed by atoms with Crippen molar-refractivity contribution in [1.29, 1.82) is 0 Å². The molecule has 3 heteroatoms. The maximum Gasteiger partial charge on any atom is 0.338 e. The van der Waals surface area contributed by atoms with E-state index >= 15 is 0 Å². The van der Waals surface area contributed by atoms with E-state index in [1.54, 1.807) is 13.8 Å². The maximum absolute atomic E-state index is 11.7. The van der Waals surface area contributed by atoms with E-state index in [-0.39, 0.29) is 5.92 Å². The maximum atomic E-state index is 11.7. The van der Waals surface area contributed by atoms with Crippen molar-refractivity contribution in [2.75, 3.05) is 6.61 Å². The van der Waals surface area contributed by atoms with E-state index in [2.05, 4.69) is 6.92 Å². The molecule has 0 amide bonds. The number of esters is 1. The summed E-state index contributed by atoms with van der Waals surface area (Å²) in [6.07, 6.45) is 6.65. The average molecular weight is 242 g/mol. The van der Waals surface area contributed by atoms with Gasteiger partial charge in [-0.3, -0.25) is 0 Å². The topological polar surface area (TPSA) is 46.5 Å². The molecule has 0 aromatic rings. The summed E-state index contributed by atoms with van der Waals surface area (Å²) in [5.41, 5.74) is -1.30. The fraction of sp³-hybridized carbons (Fsp3) is 0.929. The first-order chi connectivity index (χ1) is 8.02. The van der Waals surface area contributed by atoms with E-state index in [1.165, 1.54) is 12.8 Å². The van der Waals surface area contributed by atoms with Crippen LogP contribution in [0.15, 0.2) is 0 Å². The first-order valence-electron chi connectivity index (χ1n) is 6.91. The largest absolute Gasteiger partial charge is 0.464 e. The molecule has 0 saturated heterocycles. The van der Waals surface area contributed by atoms with Crippen molar-refractivity contribution in [3.8, 4) is 0 Å². The number of hydrogen-bond acceptors (Lipinski definition) is 3. The molecule has 0 spiro atoms. The van der Waals surface area contributed by atoms with Crippen molar-refractivity contribution in [3.63, 3.8) is 0 Å². The van der Waals surface area contributed by atoms with Crippen molar-refractivity contribution in [1.82, 2.24) is 0 Å². The van der Waals surface area contributed by atoms with Gasteiger partial charge in [0, 0.05) is 0 Å². The highest BCUT2D eigenvalue weighted by atomic mass is 16.5. The number of ether oxygens (including phenoxy) is 1. The van der Waals surface area contributed by atoms with Gasteiger partial charge < -0.3 is 9.84 Å². The Morgan fingerprint density at radius 1 is 1.29 bits per heavy atom. The predicted molar refractivity (Wildman–Crippen MR) is 67.6 cm³/mol. The number of carbonyl (C=O) groups is 1. The molecule has 1 N–H and O–H groups in total. The van der Waals surface area contributed by atoms with Crippen LogP contribution < -0.4 is 0 Å². The summed E-state index contributed by atoms with van der Waals surface area (Å²) in [6.45, 7) is 5.92. The van der Waals surface area contributed by atoms with Crippen molar-refractivity contribution in [2.24, 2.45) is 11.8 Å². The lowest BCUT2D eigenvalue weighted by atomic mass is 9.73. The summed E-state index contributed by atoms with van der Waals surface area (Å²) in [7, 11) is 0. The quantitative estimate of drug-likeness (QED) is 0.754. The predicted octanol–water partition coefficient (Wildman–Crippen LogP) is 2.91. The van der Waals surface area contributed by atoms with Gasteiger partial charge in [-0.1, -0.05) is 32.6 Å². The summed E-state index contributed by atoms with van der Waals surface area (Å²) in [4.78, 5) is 11.7. The summed E-state index contributed by atoms with van der Waals surface area (Å²) in [6, 6.07) is 0. The van der Waals surface area contributed by atoms with E-state index in [0.717, 1.165) is 31.6 Å². The summed E-state index contributed by atoms with van der Waals surface area (Å²) < 4.78 is 4.95. The van der Waals surface area contributed by atoms with Crippen LogP contribution in [0.5, 0.6) is 0 Å². The van der Waals surface area contributed by atoms with Gasteiger partial charge >= 0.3 is 5.97 Å². The molecule has 17 heavy (non-hydrogen) atoms. The van der Waals surface area contributed by atoms with Gasteiger partial charge in [-0.15, -0.1) is 0 Å². The highest BCUT2D eigenvalue weighted by Gasteiger charge is 2.42. The van der Waals surface area contributed by atoms with Crippen molar-refractivity contribution >= 4 is 5.97 Å². The third-order valence-corrected chi connectivity index (χ3v) is 4.03. The Hall–Kier alpha value is -0.570. The molecule has 0 aromatic heterocycles. The molecule has 1 atom stereocenters. The van der Waals surface area contributed by atoms with Crippen LogP contribution in [0.2, 0.25) is 0 Å². The Labute approximate surface area is 105 Å². The fourth-order valence-corrected chi connectivity index (χ4v) is 2.87. The zero-order chi connectivity index (χ0) is 12.9. The SMILES string of the molecule is CCCC1CCC(C(C)(O)C(=O)OCC)CC1. The van der Waals surface area contributed by atoms with Crippen molar-refractivity contribution in [3.05, 3.63) is 0 Å². The number of carbonyl (C=O) groups excluding carboxylic acids is 1. The highest BCUT2D eigenvalue weighted by Crippen LogP contribution is 2.37. The molecule has 1 saturated carbocycles. The van der Waals surface area contributed by atoms with Gasteiger partial charge in [-0.2, -0.15) is 0 Å². The second-order valence-electron chi connectivity index (χ2n) is 5.37. The standard InChI is InChI=1S/C14H26O3/c1-4-6-11-7-9-12(10-8-11)14(3,16)13(15)17-5-2/h11-12,16H,4-10H2,1-3H3. The number of rotatable bonds is 5. The lowest BCUT2D eigenvalue weighted by molar-refractivity contribution is -0.170. The van der Waals surface area contributed by atoms with Crippen molar-refractivity contribution < 1.29 is 14.6 Å². The smallest absolute Gasteiger partial charge is 0.338 e. The first kappa shape index (κ1) is 14.5. The molecule has 1 aliphatic carbocycles. The van der Waals surface area contributed by atoms with E-state index in [4.69, 9.17) is 4.74 Å².